The summed E-state index contributed by atoms with van der Waals surface area (Å²) >= 11 is 3.56. The van der Waals surface area contributed by atoms with Gasteiger partial charge in [0.15, 0.2) is 5.78 Å². The number of benzene rings is 3. The number of dihydropyridines is 1. The van der Waals surface area contributed by atoms with Gasteiger partial charge in [0.25, 0.3) is 0 Å². The number of ketones is 1. The van der Waals surface area contributed by atoms with Crippen molar-refractivity contribution in [3.8, 4) is 5.75 Å². The zero-order valence-corrected chi connectivity index (χ0v) is 21.3. The van der Waals surface area contributed by atoms with Crippen molar-refractivity contribution in [1.82, 2.24) is 5.32 Å². The van der Waals surface area contributed by atoms with Gasteiger partial charge in [0.2, 0.25) is 0 Å². The lowest BCUT2D eigenvalue weighted by Crippen LogP contribution is -2.29. The van der Waals surface area contributed by atoms with Gasteiger partial charge in [-0.2, -0.15) is 0 Å². The highest BCUT2D eigenvalue weighted by atomic mass is 79.9. The first-order valence-electron chi connectivity index (χ1n) is 11.6. The number of ether oxygens (including phenoxy) is 2. The molecule has 1 atom stereocenters. The number of fused-ring (bicyclic) bond motifs is 2. The van der Waals surface area contributed by atoms with Gasteiger partial charge in [-0.3, -0.25) is 4.79 Å². The summed E-state index contributed by atoms with van der Waals surface area (Å²) in [4.78, 5) is 26.6. The van der Waals surface area contributed by atoms with E-state index in [-0.39, 0.29) is 24.8 Å². The summed E-state index contributed by atoms with van der Waals surface area (Å²) in [7, 11) is 0. The molecule has 3 aromatic carbocycles. The molecule has 1 aliphatic heterocycles. The normalized spacial score (nSPS) is 16.4. The third-order valence-electron chi connectivity index (χ3n) is 6.37. The van der Waals surface area contributed by atoms with E-state index in [2.05, 4.69) is 21.2 Å². The Morgan fingerprint density at radius 2 is 1.78 bits per heavy atom. The number of nitrogens with one attached hydrogen (secondary N) is 1. The van der Waals surface area contributed by atoms with Crippen molar-refractivity contribution in [3.05, 3.63) is 116 Å². The van der Waals surface area contributed by atoms with E-state index in [0.29, 0.717) is 43.9 Å². The quantitative estimate of drug-likeness (QED) is 0.367. The molecular formula is C29H23BrFNO4. The molecule has 0 saturated carbocycles. The summed E-state index contributed by atoms with van der Waals surface area (Å²) in [5.74, 6) is -1.04. The summed E-state index contributed by atoms with van der Waals surface area (Å²) in [6.45, 7) is 3.84. The molecule has 5 rings (SSSR count). The molecule has 0 aromatic heterocycles. The third-order valence-corrected chi connectivity index (χ3v) is 6.99. The lowest BCUT2D eigenvalue weighted by molar-refractivity contribution is -0.138. The van der Waals surface area contributed by atoms with E-state index in [1.807, 2.05) is 37.3 Å². The predicted octanol–water partition coefficient (Wildman–Crippen LogP) is 6.30. The molecule has 1 heterocycles. The Hall–Kier alpha value is -3.71. The van der Waals surface area contributed by atoms with E-state index in [1.165, 1.54) is 6.07 Å². The third kappa shape index (κ3) is 4.13. The fourth-order valence-electron chi connectivity index (χ4n) is 4.73. The zero-order valence-electron chi connectivity index (χ0n) is 19.7. The average Bonchev–Trinajstić information content (AvgIpc) is 3.15. The van der Waals surface area contributed by atoms with Crippen molar-refractivity contribution >= 4 is 33.4 Å². The molecule has 36 heavy (non-hydrogen) atoms. The van der Waals surface area contributed by atoms with Gasteiger partial charge >= 0.3 is 5.97 Å². The number of carbonyl (C=O) groups is 2. The number of hydrogen-bond donors (Lipinski definition) is 1. The van der Waals surface area contributed by atoms with Gasteiger partial charge in [-0.1, -0.05) is 48.5 Å². The highest BCUT2D eigenvalue weighted by Crippen LogP contribution is 2.47. The van der Waals surface area contributed by atoms with Gasteiger partial charge in [0.05, 0.1) is 22.3 Å². The van der Waals surface area contributed by atoms with Crippen LogP contribution in [0.5, 0.6) is 5.75 Å². The van der Waals surface area contributed by atoms with Crippen LogP contribution in [-0.2, 0) is 16.1 Å². The first-order valence-corrected chi connectivity index (χ1v) is 12.4. The number of Topliss-reactive ketones (excluding diaryl/α,β-unsaturated/α-hetero) is 1. The second kappa shape index (κ2) is 9.74. The molecule has 0 unspecified atom stereocenters. The maximum atomic E-state index is 14.0. The lowest BCUT2D eigenvalue weighted by atomic mass is 9.80. The molecule has 1 aliphatic carbocycles. The van der Waals surface area contributed by atoms with Crippen LogP contribution in [0.15, 0.2) is 88.0 Å². The van der Waals surface area contributed by atoms with E-state index in [0.717, 1.165) is 11.1 Å². The van der Waals surface area contributed by atoms with Gasteiger partial charge < -0.3 is 14.8 Å². The molecule has 0 fully saturated rings. The topological polar surface area (TPSA) is 64.6 Å². The second-order valence-electron chi connectivity index (χ2n) is 8.55. The van der Waals surface area contributed by atoms with E-state index in [4.69, 9.17) is 9.47 Å². The lowest BCUT2D eigenvalue weighted by Gasteiger charge is -2.29. The van der Waals surface area contributed by atoms with Gasteiger partial charge in [0, 0.05) is 33.9 Å². The standard InChI is InChI=1S/C29H23BrFNO4/c1-3-35-29(34)24-16(2)32-27-19-9-5-6-10-20(19)28(33)26(27)25(24)17-12-13-23(21(30)14-17)36-15-18-8-4-7-11-22(18)31/h4-14,25,32H,3,15H2,1-2H3/t25-/m1/s1. The number of hydrogen-bond acceptors (Lipinski definition) is 5. The average molecular weight is 548 g/mol. The number of halogens is 2. The summed E-state index contributed by atoms with van der Waals surface area (Å²) < 4.78 is 25.9. The molecule has 182 valence electrons. The Balaban J connectivity index is 1.55. The molecule has 3 aromatic rings. The highest BCUT2D eigenvalue weighted by Gasteiger charge is 2.43. The molecule has 0 radical (unpaired) electrons. The van der Waals surface area contributed by atoms with Crippen LogP contribution in [-0.4, -0.2) is 18.4 Å². The Morgan fingerprint density at radius 3 is 2.50 bits per heavy atom. The van der Waals surface area contributed by atoms with Crippen molar-refractivity contribution in [2.45, 2.75) is 26.4 Å². The van der Waals surface area contributed by atoms with Crippen molar-refractivity contribution in [2.24, 2.45) is 0 Å². The van der Waals surface area contributed by atoms with Crippen LogP contribution >= 0.6 is 15.9 Å². The monoisotopic (exact) mass is 547 g/mol. The number of esters is 1. The van der Waals surface area contributed by atoms with Crippen LogP contribution in [0.1, 0.15) is 46.8 Å². The summed E-state index contributed by atoms with van der Waals surface area (Å²) in [5, 5.41) is 3.29. The maximum Gasteiger partial charge on any atom is 0.336 e. The SMILES string of the molecule is CCOC(=O)C1=C(C)NC2=C(C(=O)c3ccccc32)[C@@H]1c1ccc(OCc2ccccc2F)c(Br)c1. The molecule has 0 bridgehead atoms. The fourth-order valence-corrected chi connectivity index (χ4v) is 5.24. The predicted molar refractivity (Wildman–Crippen MR) is 138 cm³/mol. The van der Waals surface area contributed by atoms with Gasteiger partial charge in [-0.05, 0) is 53.5 Å². The maximum absolute atomic E-state index is 14.0. The molecular weight excluding hydrogens is 525 g/mol. The highest BCUT2D eigenvalue weighted by molar-refractivity contribution is 9.10. The Labute approximate surface area is 216 Å². The van der Waals surface area contributed by atoms with E-state index in [9.17, 15) is 14.0 Å². The van der Waals surface area contributed by atoms with E-state index < -0.39 is 11.9 Å². The largest absolute Gasteiger partial charge is 0.488 e. The Morgan fingerprint density at radius 1 is 1.06 bits per heavy atom. The Kier molecular flexibility index (Phi) is 6.49. The second-order valence-corrected chi connectivity index (χ2v) is 9.40. The summed E-state index contributed by atoms with van der Waals surface area (Å²) in [6.07, 6.45) is 0. The minimum absolute atomic E-state index is 0.0636. The van der Waals surface area contributed by atoms with Gasteiger partial charge in [-0.25, -0.2) is 9.18 Å². The summed E-state index contributed by atoms with van der Waals surface area (Å²) in [5.41, 5.74) is 4.84. The van der Waals surface area contributed by atoms with Crippen molar-refractivity contribution in [1.29, 1.82) is 0 Å². The number of allylic oxidation sites excluding steroid dienone is 2. The minimum atomic E-state index is -0.628. The first-order chi connectivity index (χ1) is 17.4. The minimum Gasteiger partial charge on any atom is -0.488 e. The first kappa shape index (κ1) is 24.0. The molecule has 2 aliphatic rings. The smallest absolute Gasteiger partial charge is 0.336 e. The van der Waals surface area contributed by atoms with Crippen molar-refractivity contribution in [2.75, 3.05) is 6.61 Å². The van der Waals surface area contributed by atoms with Crippen LogP contribution in [0.4, 0.5) is 4.39 Å². The molecule has 0 spiro atoms. The molecule has 0 amide bonds. The van der Waals surface area contributed by atoms with E-state index >= 15 is 0 Å². The molecule has 5 nitrogen and oxygen atoms in total. The van der Waals surface area contributed by atoms with Gasteiger partial charge in [0.1, 0.15) is 18.2 Å². The molecule has 0 saturated heterocycles. The Bertz CT molecular complexity index is 1460. The zero-order chi connectivity index (χ0) is 25.4. The molecule has 7 heteroatoms. The van der Waals surface area contributed by atoms with Crippen molar-refractivity contribution < 1.29 is 23.5 Å². The fraction of sp³-hybridized carbons (Fsp3) is 0.172. The summed E-state index contributed by atoms with van der Waals surface area (Å²) in [6, 6.07) is 19.3. The number of rotatable bonds is 6. The molecule has 1 N–H and O–H groups in total. The van der Waals surface area contributed by atoms with E-state index in [1.54, 1.807) is 37.3 Å². The van der Waals surface area contributed by atoms with Crippen LogP contribution in [0.2, 0.25) is 0 Å². The van der Waals surface area contributed by atoms with Gasteiger partial charge in [-0.15, -0.1) is 0 Å². The van der Waals surface area contributed by atoms with Crippen LogP contribution in [0.25, 0.3) is 5.70 Å². The van der Waals surface area contributed by atoms with Crippen LogP contribution in [0.3, 0.4) is 0 Å². The number of carbonyl (C=O) groups excluding carboxylic acids is 2. The van der Waals surface area contributed by atoms with Crippen molar-refractivity contribution in [3.63, 3.8) is 0 Å². The van der Waals surface area contributed by atoms with Crippen LogP contribution < -0.4 is 10.1 Å². The van der Waals surface area contributed by atoms with Crippen LogP contribution in [0, 0.1) is 5.82 Å².